The molecular formula is C18H14N4O2S. The average Bonchev–Trinajstić information content (AvgIpc) is 3.25. The third-order valence-corrected chi connectivity index (χ3v) is 4.89. The van der Waals surface area contributed by atoms with E-state index < -0.39 is 5.91 Å². The van der Waals surface area contributed by atoms with E-state index in [1.54, 1.807) is 18.6 Å². The number of carbonyl (C=O) groups is 1. The summed E-state index contributed by atoms with van der Waals surface area (Å²) in [5, 5.41) is 0. The maximum atomic E-state index is 11.8. The maximum absolute atomic E-state index is 11.8. The minimum Gasteiger partial charge on any atom is -0.487 e. The molecule has 0 aliphatic heterocycles. The molecule has 0 atom stereocenters. The number of imidazole rings is 1. The molecule has 0 aliphatic carbocycles. The molecule has 1 amide bonds. The van der Waals surface area contributed by atoms with E-state index in [-0.39, 0.29) is 0 Å². The lowest BCUT2D eigenvalue weighted by molar-refractivity contribution is 0.1000. The van der Waals surface area contributed by atoms with Gasteiger partial charge in [-0.15, -0.1) is 11.3 Å². The summed E-state index contributed by atoms with van der Waals surface area (Å²) in [5.41, 5.74) is 8.22. The fourth-order valence-corrected chi connectivity index (χ4v) is 3.49. The fraction of sp³-hybridized carbons (Fsp3) is 0.0556. The van der Waals surface area contributed by atoms with Crippen molar-refractivity contribution in [2.45, 2.75) is 6.61 Å². The third-order valence-electron chi connectivity index (χ3n) is 3.73. The van der Waals surface area contributed by atoms with Crippen molar-refractivity contribution in [3.05, 3.63) is 71.6 Å². The fourth-order valence-electron chi connectivity index (χ4n) is 2.53. The second-order valence-electron chi connectivity index (χ2n) is 5.38. The van der Waals surface area contributed by atoms with Crippen molar-refractivity contribution in [3.63, 3.8) is 0 Å². The summed E-state index contributed by atoms with van der Waals surface area (Å²) in [6, 6.07) is 11.3. The first-order chi connectivity index (χ1) is 12.2. The smallest absolute Gasteiger partial charge is 0.262 e. The van der Waals surface area contributed by atoms with Crippen molar-refractivity contribution < 1.29 is 9.53 Å². The van der Waals surface area contributed by atoms with Gasteiger partial charge in [-0.25, -0.2) is 4.98 Å². The summed E-state index contributed by atoms with van der Waals surface area (Å²) in [6.45, 7) is 0.339. The van der Waals surface area contributed by atoms with Crippen LogP contribution >= 0.6 is 11.3 Å². The Morgan fingerprint density at radius 2 is 2.08 bits per heavy atom. The lowest BCUT2D eigenvalue weighted by Crippen LogP contribution is -2.10. The standard InChI is InChI=1S/C18H14N4O2S/c19-18(23)17-14(24-11-12-4-6-20-7-5-12)9-15(25-17)13-10-21-16-3-1-2-8-22(13)16/h1-10H,11H2,(H2,19,23). The summed E-state index contributed by atoms with van der Waals surface area (Å²) >= 11 is 1.30. The van der Waals surface area contributed by atoms with Gasteiger partial charge >= 0.3 is 0 Å². The van der Waals surface area contributed by atoms with Crippen LogP contribution in [0.25, 0.3) is 16.2 Å². The van der Waals surface area contributed by atoms with E-state index in [0.717, 1.165) is 21.8 Å². The predicted octanol–water partition coefficient (Wildman–Crippen LogP) is 3.14. The number of thiophene rings is 1. The van der Waals surface area contributed by atoms with Crippen LogP contribution in [0.3, 0.4) is 0 Å². The van der Waals surface area contributed by atoms with Gasteiger partial charge in [0.15, 0.2) is 0 Å². The van der Waals surface area contributed by atoms with Crippen molar-refractivity contribution in [1.82, 2.24) is 14.4 Å². The highest BCUT2D eigenvalue weighted by atomic mass is 32.1. The second-order valence-corrected chi connectivity index (χ2v) is 6.44. The van der Waals surface area contributed by atoms with E-state index in [2.05, 4.69) is 9.97 Å². The number of nitrogens with zero attached hydrogens (tertiary/aromatic N) is 3. The topological polar surface area (TPSA) is 82.5 Å². The van der Waals surface area contributed by atoms with E-state index >= 15 is 0 Å². The van der Waals surface area contributed by atoms with Crippen LogP contribution in [-0.2, 0) is 6.61 Å². The summed E-state index contributed by atoms with van der Waals surface area (Å²) in [6.07, 6.45) is 7.10. The van der Waals surface area contributed by atoms with Crippen LogP contribution in [0.1, 0.15) is 15.2 Å². The van der Waals surface area contributed by atoms with E-state index in [4.69, 9.17) is 10.5 Å². The highest BCUT2D eigenvalue weighted by molar-refractivity contribution is 7.17. The number of ether oxygens (including phenoxy) is 1. The van der Waals surface area contributed by atoms with Gasteiger partial charge in [-0.05, 0) is 29.8 Å². The largest absolute Gasteiger partial charge is 0.487 e. The Balaban J connectivity index is 1.69. The zero-order chi connectivity index (χ0) is 17.2. The van der Waals surface area contributed by atoms with Crippen LogP contribution in [-0.4, -0.2) is 20.3 Å². The van der Waals surface area contributed by atoms with Gasteiger partial charge in [0.2, 0.25) is 0 Å². The Kier molecular flexibility index (Phi) is 3.91. The molecule has 4 aromatic rings. The number of hydrogen-bond donors (Lipinski definition) is 1. The minimum absolute atomic E-state index is 0.339. The number of hydrogen-bond acceptors (Lipinski definition) is 5. The van der Waals surface area contributed by atoms with Gasteiger partial charge < -0.3 is 10.5 Å². The van der Waals surface area contributed by atoms with E-state index in [0.29, 0.717) is 17.2 Å². The quantitative estimate of drug-likeness (QED) is 0.599. The van der Waals surface area contributed by atoms with Crippen LogP contribution < -0.4 is 10.5 Å². The van der Waals surface area contributed by atoms with Crippen LogP contribution in [0.2, 0.25) is 0 Å². The van der Waals surface area contributed by atoms with E-state index in [1.165, 1.54) is 11.3 Å². The summed E-state index contributed by atoms with van der Waals surface area (Å²) in [4.78, 5) is 21.4. The van der Waals surface area contributed by atoms with Crippen LogP contribution in [0, 0.1) is 0 Å². The number of aromatic nitrogens is 3. The van der Waals surface area contributed by atoms with Crippen LogP contribution in [0.4, 0.5) is 0 Å². The Labute approximate surface area is 147 Å². The molecular weight excluding hydrogens is 336 g/mol. The van der Waals surface area contributed by atoms with Crippen molar-refractivity contribution in [2.24, 2.45) is 5.73 Å². The molecule has 0 radical (unpaired) electrons. The molecule has 4 aromatic heterocycles. The summed E-state index contributed by atoms with van der Waals surface area (Å²) in [5.74, 6) is -0.0232. The number of amides is 1. The first kappa shape index (κ1) is 15.3. The Morgan fingerprint density at radius 3 is 2.88 bits per heavy atom. The predicted molar refractivity (Wildman–Crippen MR) is 95.6 cm³/mol. The van der Waals surface area contributed by atoms with Crippen LogP contribution in [0.15, 0.2) is 61.2 Å². The van der Waals surface area contributed by atoms with Crippen LogP contribution in [0.5, 0.6) is 5.75 Å². The monoisotopic (exact) mass is 350 g/mol. The van der Waals surface area contributed by atoms with Gasteiger partial charge in [0.05, 0.1) is 16.8 Å². The van der Waals surface area contributed by atoms with Gasteiger partial charge in [0, 0.05) is 24.7 Å². The lowest BCUT2D eigenvalue weighted by Gasteiger charge is -2.05. The van der Waals surface area contributed by atoms with Gasteiger partial charge in [-0.3, -0.25) is 14.2 Å². The first-order valence-corrected chi connectivity index (χ1v) is 8.42. The molecule has 0 aromatic carbocycles. The molecule has 0 bridgehead atoms. The number of fused-ring (bicyclic) bond motifs is 1. The van der Waals surface area contributed by atoms with Gasteiger partial charge in [0.1, 0.15) is 22.9 Å². The normalized spacial score (nSPS) is 10.9. The van der Waals surface area contributed by atoms with Crippen molar-refractivity contribution >= 4 is 22.9 Å². The maximum Gasteiger partial charge on any atom is 0.262 e. The molecule has 0 unspecified atom stereocenters. The zero-order valence-corrected chi connectivity index (χ0v) is 13.9. The molecule has 6 nitrogen and oxygen atoms in total. The molecule has 0 aliphatic rings. The Bertz CT molecular complexity index is 1040. The second kappa shape index (κ2) is 6.37. The first-order valence-electron chi connectivity index (χ1n) is 7.60. The highest BCUT2D eigenvalue weighted by Gasteiger charge is 2.18. The zero-order valence-electron chi connectivity index (χ0n) is 13.1. The molecule has 0 saturated heterocycles. The number of nitrogens with two attached hydrogens (primary N) is 1. The van der Waals surface area contributed by atoms with Gasteiger partial charge in [-0.2, -0.15) is 0 Å². The molecule has 2 N–H and O–H groups in total. The number of pyridine rings is 2. The molecule has 0 saturated carbocycles. The minimum atomic E-state index is -0.505. The number of carbonyl (C=O) groups excluding carboxylic acids is 1. The highest BCUT2D eigenvalue weighted by Crippen LogP contribution is 2.36. The van der Waals surface area contributed by atoms with E-state index in [1.807, 2.05) is 47.0 Å². The molecule has 124 valence electrons. The van der Waals surface area contributed by atoms with Gasteiger partial charge in [0.25, 0.3) is 5.91 Å². The molecule has 7 heteroatoms. The molecule has 0 fully saturated rings. The SMILES string of the molecule is NC(=O)c1sc(-c2cnc3ccccn23)cc1OCc1ccncc1. The molecule has 4 heterocycles. The summed E-state index contributed by atoms with van der Waals surface area (Å²) < 4.78 is 7.79. The van der Waals surface area contributed by atoms with Crippen molar-refractivity contribution in [2.75, 3.05) is 0 Å². The third kappa shape index (κ3) is 2.97. The molecule has 4 rings (SSSR count). The van der Waals surface area contributed by atoms with E-state index in [9.17, 15) is 4.79 Å². The van der Waals surface area contributed by atoms with Crippen molar-refractivity contribution in [3.8, 4) is 16.3 Å². The Hall–Kier alpha value is -3.19. The number of primary amides is 1. The molecule has 25 heavy (non-hydrogen) atoms. The summed E-state index contributed by atoms with van der Waals surface area (Å²) in [7, 11) is 0. The van der Waals surface area contributed by atoms with Gasteiger partial charge in [-0.1, -0.05) is 6.07 Å². The lowest BCUT2D eigenvalue weighted by atomic mass is 10.3. The van der Waals surface area contributed by atoms with Crippen molar-refractivity contribution in [1.29, 1.82) is 0 Å². The molecule has 0 spiro atoms. The average molecular weight is 350 g/mol. The Morgan fingerprint density at radius 1 is 1.24 bits per heavy atom. The number of rotatable bonds is 5.